The van der Waals surface area contributed by atoms with Gasteiger partial charge in [-0.2, -0.15) is 0 Å². The van der Waals surface area contributed by atoms with Crippen LogP contribution in [0.2, 0.25) is 0 Å². The molecule has 0 bridgehead atoms. The molecular formula is C12H18N4. The van der Waals surface area contributed by atoms with Crippen LogP contribution in [0.3, 0.4) is 0 Å². The summed E-state index contributed by atoms with van der Waals surface area (Å²) in [4.78, 5) is 11.1. The van der Waals surface area contributed by atoms with Crippen LogP contribution >= 0.6 is 0 Å². The Hall–Kier alpha value is -1.16. The first-order valence-corrected chi connectivity index (χ1v) is 6.10. The molecule has 1 aromatic rings. The van der Waals surface area contributed by atoms with Gasteiger partial charge in [0.25, 0.3) is 0 Å². The molecule has 4 nitrogen and oxygen atoms in total. The molecule has 2 aliphatic carbocycles. The summed E-state index contributed by atoms with van der Waals surface area (Å²) < 4.78 is 0. The van der Waals surface area contributed by atoms with Crippen LogP contribution < -0.4 is 10.2 Å². The van der Waals surface area contributed by atoms with Gasteiger partial charge < -0.3 is 10.2 Å². The van der Waals surface area contributed by atoms with Gasteiger partial charge in [-0.3, -0.25) is 4.98 Å². The lowest BCUT2D eigenvalue weighted by molar-refractivity contribution is 0.670. The number of aromatic nitrogens is 2. The maximum Gasteiger partial charge on any atom is 0.147 e. The second kappa shape index (κ2) is 4.01. The quantitative estimate of drug-likeness (QED) is 0.809. The molecule has 2 aliphatic rings. The van der Waals surface area contributed by atoms with Crippen molar-refractivity contribution in [1.82, 2.24) is 15.3 Å². The van der Waals surface area contributed by atoms with E-state index in [9.17, 15) is 0 Å². The van der Waals surface area contributed by atoms with Crippen molar-refractivity contribution in [2.75, 3.05) is 11.9 Å². The van der Waals surface area contributed by atoms with Crippen molar-refractivity contribution in [2.24, 2.45) is 0 Å². The molecule has 16 heavy (non-hydrogen) atoms. The minimum atomic E-state index is 0.695. The molecule has 0 amide bonds. The third-order valence-corrected chi connectivity index (χ3v) is 3.28. The molecule has 2 saturated carbocycles. The number of rotatable bonds is 5. The molecule has 1 N–H and O–H groups in total. The topological polar surface area (TPSA) is 41.1 Å². The Balaban J connectivity index is 1.65. The molecule has 0 saturated heterocycles. The highest BCUT2D eigenvalue weighted by Gasteiger charge is 2.27. The smallest absolute Gasteiger partial charge is 0.147 e. The third kappa shape index (κ3) is 2.32. The van der Waals surface area contributed by atoms with Crippen LogP contribution in [0, 0.1) is 0 Å². The van der Waals surface area contributed by atoms with Gasteiger partial charge in [0.2, 0.25) is 0 Å². The van der Waals surface area contributed by atoms with Gasteiger partial charge in [0, 0.05) is 31.9 Å². The molecule has 0 aromatic carbocycles. The fourth-order valence-corrected chi connectivity index (χ4v) is 1.84. The molecule has 0 unspecified atom stereocenters. The monoisotopic (exact) mass is 218 g/mol. The third-order valence-electron chi connectivity index (χ3n) is 3.28. The molecule has 3 rings (SSSR count). The largest absolute Gasteiger partial charge is 0.355 e. The van der Waals surface area contributed by atoms with E-state index in [1.54, 1.807) is 0 Å². The zero-order valence-electron chi connectivity index (χ0n) is 9.69. The number of hydrogen-bond acceptors (Lipinski definition) is 4. The SMILES string of the molecule is CN(c1cncc(CNC2CC2)n1)C1CC1. The van der Waals surface area contributed by atoms with E-state index in [1.807, 2.05) is 12.4 Å². The van der Waals surface area contributed by atoms with Crippen molar-refractivity contribution in [3.8, 4) is 0 Å². The Bertz CT molecular complexity index is 371. The maximum atomic E-state index is 4.63. The van der Waals surface area contributed by atoms with E-state index in [1.165, 1.54) is 25.7 Å². The van der Waals surface area contributed by atoms with Crippen LogP contribution in [0.5, 0.6) is 0 Å². The minimum Gasteiger partial charge on any atom is -0.355 e. The lowest BCUT2D eigenvalue weighted by Gasteiger charge is -2.17. The van der Waals surface area contributed by atoms with Crippen LogP contribution in [0.15, 0.2) is 12.4 Å². The number of nitrogens with zero attached hydrogens (tertiary/aromatic N) is 3. The summed E-state index contributed by atoms with van der Waals surface area (Å²) in [6.45, 7) is 0.851. The van der Waals surface area contributed by atoms with E-state index in [-0.39, 0.29) is 0 Å². The first kappa shape index (κ1) is 10.0. The van der Waals surface area contributed by atoms with E-state index >= 15 is 0 Å². The van der Waals surface area contributed by atoms with Crippen LogP contribution in [-0.2, 0) is 6.54 Å². The summed E-state index contributed by atoms with van der Waals surface area (Å²) in [6.07, 6.45) is 8.94. The highest BCUT2D eigenvalue weighted by molar-refractivity contribution is 5.38. The molecule has 1 heterocycles. The van der Waals surface area contributed by atoms with Gasteiger partial charge in [-0.1, -0.05) is 0 Å². The van der Waals surface area contributed by atoms with Gasteiger partial charge in [0.05, 0.1) is 11.9 Å². The molecule has 0 radical (unpaired) electrons. The molecule has 86 valence electrons. The van der Waals surface area contributed by atoms with Gasteiger partial charge in [-0.05, 0) is 25.7 Å². The summed E-state index contributed by atoms with van der Waals surface area (Å²) in [5.74, 6) is 1.01. The van der Waals surface area contributed by atoms with Crippen LogP contribution in [0.25, 0.3) is 0 Å². The lowest BCUT2D eigenvalue weighted by atomic mass is 10.4. The Kier molecular flexibility index (Phi) is 2.52. The van der Waals surface area contributed by atoms with E-state index < -0.39 is 0 Å². The standard InChI is InChI=1S/C12H18N4/c1-16(11-4-5-11)12-8-13-6-10(15-12)7-14-9-2-3-9/h6,8-9,11,14H,2-5,7H2,1H3. The second-order valence-corrected chi connectivity index (χ2v) is 4.87. The summed E-state index contributed by atoms with van der Waals surface area (Å²) >= 11 is 0. The highest BCUT2D eigenvalue weighted by Crippen LogP contribution is 2.28. The molecule has 0 atom stereocenters. The van der Waals surface area contributed by atoms with Crippen LogP contribution in [0.4, 0.5) is 5.82 Å². The molecular weight excluding hydrogens is 200 g/mol. The van der Waals surface area contributed by atoms with Gasteiger partial charge in [-0.25, -0.2) is 4.98 Å². The van der Waals surface area contributed by atoms with Crippen molar-refractivity contribution in [3.05, 3.63) is 18.1 Å². The predicted octanol–water partition coefficient (Wildman–Crippen LogP) is 1.33. The summed E-state index contributed by atoms with van der Waals surface area (Å²) in [7, 11) is 2.11. The zero-order chi connectivity index (χ0) is 11.0. The van der Waals surface area contributed by atoms with Crippen molar-refractivity contribution in [2.45, 2.75) is 44.3 Å². The Morgan fingerprint density at radius 2 is 2.12 bits per heavy atom. The first-order chi connectivity index (χ1) is 7.83. The van der Waals surface area contributed by atoms with Gasteiger partial charge in [0.15, 0.2) is 0 Å². The highest BCUT2D eigenvalue weighted by atomic mass is 15.2. The number of anilines is 1. The molecule has 2 fully saturated rings. The van der Waals surface area contributed by atoms with E-state index in [0.29, 0.717) is 6.04 Å². The van der Waals surface area contributed by atoms with E-state index in [0.717, 1.165) is 24.1 Å². The second-order valence-electron chi connectivity index (χ2n) is 4.87. The normalized spacial score (nSPS) is 19.8. The van der Waals surface area contributed by atoms with Crippen LogP contribution in [-0.4, -0.2) is 29.1 Å². The Labute approximate surface area is 96.1 Å². The van der Waals surface area contributed by atoms with Gasteiger partial charge in [-0.15, -0.1) is 0 Å². The lowest BCUT2D eigenvalue weighted by Crippen LogP contribution is -2.22. The molecule has 1 aromatic heterocycles. The molecule has 0 spiro atoms. The Morgan fingerprint density at radius 3 is 2.81 bits per heavy atom. The number of hydrogen-bond donors (Lipinski definition) is 1. The maximum absolute atomic E-state index is 4.63. The zero-order valence-corrected chi connectivity index (χ0v) is 9.69. The van der Waals surface area contributed by atoms with Crippen molar-refractivity contribution in [1.29, 1.82) is 0 Å². The summed E-state index contributed by atoms with van der Waals surface area (Å²) in [6, 6.07) is 1.42. The average Bonchev–Trinajstić information content (AvgIpc) is 3.18. The van der Waals surface area contributed by atoms with Crippen molar-refractivity contribution >= 4 is 5.82 Å². The fourth-order valence-electron chi connectivity index (χ4n) is 1.84. The fraction of sp³-hybridized carbons (Fsp3) is 0.667. The van der Waals surface area contributed by atoms with Gasteiger partial charge in [0.1, 0.15) is 5.82 Å². The molecule has 4 heteroatoms. The van der Waals surface area contributed by atoms with Crippen molar-refractivity contribution in [3.63, 3.8) is 0 Å². The Morgan fingerprint density at radius 1 is 1.31 bits per heavy atom. The van der Waals surface area contributed by atoms with E-state index in [4.69, 9.17) is 0 Å². The summed E-state index contributed by atoms with van der Waals surface area (Å²) in [5.41, 5.74) is 1.05. The number of nitrogens with one attached hydrogen (secondary N) is 1. The van der Waals surface area contributed by atoms with Crippen molar-refractivity contribution < 1.29 is 0 Å². The van der Waals surface area contributed by atoms with Gasteiger partial charge >= 0.3 is 0 Å². The van der Waals surface area contributed by atoms with Crippen LogP contribution in [0.1, 0.15) is 31.4 Å². The van der Waals surface area contributed by atoms with E-state index in [2.05, 4.69) is 27.2 Å². The minimum absolute atomic E-state index is 0.695. The first-order valence-electron chi connectivity index (χ1n) is 6.10. The summed E-state index contributed by atoms with van der Waals surface area (Å²) in [5, 5.41) is 3.46. The molecule has 0 aliphatic heterocycles. The predicted molar refractivity (Wildman–Crippen MR) is 63.3 cm³/mol. The average molecular weight is 218 g/mol.